The van der Waals surface area contributed by atoms with Crippen LogP contribution in [-0.2, 0) is 0 Å². The van der Waals surface area contributed by atoms with Crippen molar-refractivity contribution in [1.82, 2.24) is 10.1 Å². The van der Waals surface area contributed by atoms with Gasteiger partial charge in [-0.15, -0.1) is 0 Å². The van der Waals surface area contributed by atoms with Gasteiger partial charge >= 0.3 is 0 Å². The van der Waals surface area contributed by atoms with Crippen molar-refractivity contribution < 1.29 is 4.52 Å². The quantitative estimate of drug-likeness (QED) is 0.759. The van der Waals surface area contributed by atoms with Gasteiger partial charge in [-0.2, -0.15) is 0 Å². The maximum atomic E-state index is 5.91. The number of nitrogens with two attached hydrogens (primary N) is 1. The fourth-order valence-electron chi connectivity index (χ4n) is 2.08. The summed E-state index contributed by atoms with van der Waals surface area (Å²) in [5.41, 5.74) is 10.5. The molecule has 0 saturated carbocycles. The highest BCUT2D eigenvalue weighted by molar-refractivity contribution is 5.86. The lowest BCUT2D eigenvalue weighted by Gasteiger charge is -2.03. The first kappa shape index (κ1) is 11.5. The third-order valence-corrected chi connectivity index (χ3v) is 2.96. The van der Waals surface area contributed by atoms with Crippen molar-refractivity contribution >= 4 is 5.88 Å². The SMILES string of the molecule is Cc1cccc(-c2c(-c3cccnc3)noc2N)c1. The Labute approximate surface area is 110 Å². The summed E-state index contributed by atoms with van der Waals surface area (Å²) in [5, 5.41) is 4.05. The summed E-state index contributed by atoms with van der Waals surface area (Å²) in [6.45, 7) is 2.04. The van der Waals surface area contributed by atoms with Gasteiger partial charge in [0.15, 0.2) is 0 Å². The largest absolute Gasteiger partial charge is 0.367 e. The standard InChI is InChI=1S/C15H13N3O/c1-10-4-2-5-11(8-10)13-14(18-19-15(13)16)12-6-3-7-17-9-12/h2-9H,16H2,1H3. The lowest BCUT2D eigenvalue weighted by atomic mass is 10.0. The Morgan fingerprint density at radius 2 is 1.95 bits per heavy atom. The zero-order valence-corrected chi connectivity index (χ0v) is 10.5. The van der Waals surface area contributed by atoms with E-state index in [2.05, 4.69) is 16.2 Å². The van der Waals surface area contributed by atoms with Crippen molar-refractivity contribution in [3.63, 3.8) is 0 Å². The van der Waals surface area contributed by atoms with Crippen molar-refractivity contribution in [2.24, 2.45) is 0 Å². The molecule has 0 unspecified atom stereocenters. The topological polar surface area (TPSA) is 64.9 Å². The zero-order valence-electron chi connectivity index (χ0n) is 10.5. The lowest BCUT2D eigenvalue weighted by Crippen LogP contribution is -1.88. The highest BCUT2D eigenvalue weighted by Gasteiger charge is 2.17. The molecule has 0 aliphatic heterocycles. The number of anilines is 1. The maximum absolute atomic E-state index is 5.91. The molecule has 94 valence electrons. The minimum Gasteiger partial charge on any atom is -0.367 e. The highest BCUT2D eigenvalue weighted by Crippen LogP contribution is 2.35. The van der Waals surface area contributed by atoms with Crippen molar-refractivity contribution in [1.29, 1.82) is 0 Å². The number of rotatable bonds is 2. The zero-order chi connectivity index (χ0) is 13.2. The summed E-state index contributed by atoms with van der Waals surface area (Å²) in [5.74, 6) is 0.324. The van der Waals surface area contributed by atoms with Crippen LogP contribution in [0.25, 0.3) is 22.4 Å². The highest BCUT2D eigenvalue weighted by atomic mass is 16.5. The van der Waals surface area contributed by atoms with Crippen molar-refractivity contribution in [3.8, 4) is 22.4 Å². The molecule has 2 aromatic heterocycles. The summed E-state index contributed by atoms with van der Waals surface area (Å²) in [6.07, 6.45) is 3.47. The summed E-state index contributed by atoms with van der Waals surface area (Å²) in [7, 11) is 0. The van der Waals surface area contributed by atoms with Gasteiger partial charge in [0.1, 0.15) is 5.69 Å². The Balaban J connectivity index is 2.20. The number of nitrogen functional groups attached to an aromatic ring is 1. The van der Waals surface area contributed by atoms with Crippen LogP contribution in [0.5, 0.6) is 0 Å². The molecule has 2 N–H and O–H groups in total. The molecule has 0 amide bonds. The molecule has 1 aromatic carbocycles. The van der Waals surface area contributed by atoms with Gasteiger partial charge in [0, 0.05) is 18.0 Å². The normalized spacial score (nSPS) is 10.6. The van der Waals surface area contributed by atoms with E-state index in [4.69, 9.17) is 10.3 Å². The molecule has 0 aliphatic carbocycles. The second-order valence-corrected chi connectivity index (χ2v) is 4.38. The maximum Gasteiger partial charge on any atom is 0.230 e. The van der Waals surface area contributed by atoms with Crippen LogP contribution < -0.4 is 5.73 Å². The number of pyridine rings is 1. The Bertz CT molecular complexity index is 704. The molecule has 0 bridgehead atoms. The molecule has 4 heteroatoms. The number of aryl methyl sites for hydroxylation is 1. The van der Waals surface area contributed by atoms with Crippen LogP contribution in [0.2, 0.25) is 0 Å². The number of hydrogen-bond donors (Lipinski definition) is 1. The molecule has 0 radical (unpaired) electrons. The second-order valence-electron chi connectivity index (χ2n) is 4.38. The average molecular weight is 251 g/mol. The summed E-state index contributed by atoms with van der Waals surface area (Å²) < 4.78 is 5.14. The summed E-state index contributed by atoms with van der Waals surface area (Å²) in [6, 6.07) is 11.9. The van der Waals surface area contributed by atoms with Crippen LogP contribution in [0.1, 0.15) is 5.56 Å². The minimum atomic E-state index is 0.324. The van der Waals surface area contributed by atoms with E-state index >= 15 is 0 Å². The van der Waals surface area contributed by atoms with Gasteiger partial charge in [-0.05, 0) is 24.6 Å². The Morgan fingerprint density at radius 3 is 2.68 bits per heavy atom. The third-order valence-electron chi connectivity index (χ3n) is 2.96. The van der Waals surface area contributed by atoms with Crippen LogP contribution in [0.3, 0.4) is 0 Å². The van der Waals surface area contributed by atoms with E-state index in [-0.39, 0.29) is 0 Å². The van der Waals surface area contributed by atoms with Gasteiger partial charge in [-0.3, -0.25) is 4.98 Å². The first-order chi connectivity index (χ1) is 9.25. The van der Waals surface area contributed by atoms with Crippen LogP contribution in [-0.4, -0.2) is 10.1 Å². The van der Waals surface area contributed by atoms with Crippen molar-refractivity contribution in [3.05, 3.63) is 54.4 Å². The molecule has 3 aromatic rings. The summed E-state index contributed by atoms with van der Waals surface area (Å²) >= 11 is 0. The molecule has 3 rings (SSSR count). The molecule has 0 saturated heterocycles. The first-order valence-corrected chi connectivity index (χ1v) is 5.98. The van der Waals surface area contributed by atoms with Gasteiger partial charge in [0.2, 0.25) is 5.88 Å². The van der Waals surface area contributed by atoms with Crippen LogP contribution >= 0.6 is 0 Å². The number of aromatic nitrogens is 2. The fraction of sp³-hybridized carbons (Fsp3) is 0.0667. The molecule has 2 heterocycles. The molecule has 0 spiro atoms. The van der Waals surface area contributed by atoms with Crippen LogP contribution in [0, 0.1) is 6.92 Å². The summed E-state index contributed by atoms with van der Waals surface area (Å²) in [4.78, 5) is 4.10. The monoisotopic (exact) mass is 251 g/mol. The molecule has 0 atom stereocenters. The fourth-order valence-corrected chi connectivity index (χ4v) is 2.08. The minimum absolute atomic E-state index is 0.324. The smallest absolute Gasteiger partial charge is 0.230 e. The number of benzene rings is 1. The average Bonchev–Trinajstić information content (AvgIpc) is 2.82. The molecular formula is C15H13N3O. The second kappa shape index (κ2) is 4.57. The number of hydrogen-bond acceptors (Lipinski definition) is 4. The van der Waals surface area contributed by atoms with Crippen molar-refractivity contribution in [2.75, 3.05) is 5.73 Å². The van der Waals surface area contributed by atoms with Crippen LogP contribution in [0.4, 0.5) is 5.88 Å². The van der Waals surface area contributed by atoms with E-state index in [1.54, 1.807) is 12.4 Å². The molecule has 4 nitrogen and oxygen atoms in total. The van der Waals surface area contributed by atoms with Crippen molar-refractivity contribution in [2.45, 2.75) is 6.92 Å². The third kappa shape index (κ3) is 2.08. The van der Waals surface area contributed by atoms with Crippen LogP contribution in [0.15, 0.2) is 53.3 Å². The molecule has 0 aliphatic rings. The molecule has 0 fully saturated rings. The van der Waals surface area contributed by atoms with Gasteiger partial charge in [0.05, 0.1) is 5.56 Å². The number of nitrogens with zero attached hydrogens (tertiary/aromatic N) is 2. The Hall–Kier alpha value is -2.62. The first-order valence-electron chi connectivity index (χ1n) is 5.98. The molecule has 19 heavy (non-hydrogen) atoms. The van der Waals surface area contributed by atoms with Gasteiger partial charge in [-0.1, -0.05) is 35.0 Å². The predicted molar refractivity (Wildman–Crippen MR) is 74.3 cm³/mol. The predicted octanol–water partition coefficient (Wildman–Crippen LogP) is 3.29. The lowest BCUT2D eigenvalue weighted by molar-refractivity contribution is 0.439. The van der Waals surface area contributed by atoms with E-state index < -0.39 is 0 Å². The van der Waals surface area contributed by atoms with Gasteiger partial charge in [0.25, 0.3) is 0 Å². The Morgan fingerprint density at radius 1 is 1.11 bits per heavy atom. The van der Waals surface area contributed by atoms with E-state index in [1.165, 1.54) is 0 Å². The van der Waals surface area contributed by atoms with Gasteiger partial charge < -0.3 is 10.3 Å². The molecular weight excluding hydrogens is 238 g/mol. The Kier molecular flexibility index (Phi) is 2.76. The van der Waals surface area contributed by atoms with Gasteiger partial charge in [-0.25, -0.2) is 0 Å². The van der Waals surface area contributed by atoms with E-state index in [1.807, 2.05) is 37.3 Å². The van der Waals surface area contributed by atoms with E-state index in [9.17, 15) is 0 Å². The van der Waals surface area contributed by atoms with E-state index in [0.29, 0.717) is 5.88 Å². The van der Waals surface area contributed by atoms with E-state index in [0.717, 1.165) is 27.9 Å².